The van der Waals surface area contributed by atoms with Crippen LogP contribution in [0.4, 0.5) is 0 Å². The van der Waals surface area contributed by atoms with E-state index in [4.69, 9.17) is 0 Å². The highest BCUT2D eigenvalue weighted by Crippen LogP contribution is 2.06. The number of carbonyl (C=O) groups excluding carboxylic acids is 1. The van der Waals surface area contributed by atoms with Crippen molar-refractivity contribution in [3.05, 3.63) is 0 Å². The Labute approximate surface area is 79.5 Å². The predicted molar refractivity (Wildman–Crippen MR) is 52.1 cm³/mol. The highest BCUT2D eigenvalue weighted by atomic mass is 16.2. The fourth-order valence-electron chi connectivity index (χ4n) is 1.48. The molecule has 0 spiro atoms. The van der Waals surface area contributed by atoms with Crippen LogP contribution in [0.25, 0.3) is 0 Å². The molecule has 0 aromatic heterocycles. The molecule has 0 bridgehead atoms. The van der Waals surface area contributed by atoms with Gasteiger partial charge in [-0.25, -0.2) is 0 Å². The number of piperazine rings is 1. The fraction of sp³-hybridized carbons (Fsp3) is 0.700. The molecule has 0 aromatic carbocycles. The topological polar surface area (TPSA) is 32.3 Å². The minimum absolute atomic E-state index is 0.0525. The van der Waals surface area contributed by atoms with Crippen molar-refractivity contribution in [3.8, 4) is 11.8 Å². The molecule has 1 saturated heterocycles. The van der Waals surface area contributed by atoms with E-state index >= 15 is 0 Å². The molecule has 13 heavy (non-hydrogen) atoms. The first kappa shape index (κ1) is 10.1. The van der Waals surface area contributed by atoms with Crippen LogP contribution in [0.2, 0.25) is 0 Å². The van der Waals surface area contributed by atoms with E-state index in [0.717, 1.165) is 13.1 Å². The molecule has 0 aromatic rings. The van der Waals surface area contributed by atoms with Crippen molar-refractivity contribution in [1.29, 1.82) is 0 Å². The Balaban J connectivity index is 2.63. The summed E-state index contributed by atoms with van der Waals surface area (Å²) in [5.41, 5.74) is 0. The zero-order chi connectivity index (χ0) is 9.84. The van der Waals surface area contributed by atoms with Crippen LogP contribution in [-0.4, -0.2) is 36.0 Å². The first-order chi connectivity index (χ1) is 6.15. The summed E-state index contributed by atoms with van der Waals surface area (Å²) < 4.78 is 0. The average molecular weight is 180 g/mol. The number of nitrogens with zero attached hydrogens (tertiary/aromatic N) is 1. The summed E-state index contributed by atoms with van der Waals surface area (Å²) in [6.45, 7) is 7.42. The molecule has 1 heterocycles. The van der Waals surface area contributed by atoms with Gasteiger partial charge in [0.25, 0.3) is 5.91 Å². The average Bonchev–Trinajstić information content (AvgIpc) is 2.09. The van der Waals surface area contributed by atoms with Crippen LogP contribution < -0.4 is 5.32 Å². The second-order valence-corrected chi connectivity index (χ2v) is 3.49. The Morgan fingerprint density at radius 3 is 2.85 bits per heavy atom. The summed E-state index contributed by atoms with van der Waals surface area (Å²) in [5, 5.41) is 3.32. The van der Waals surface area contributed by atoms with Gasteiger partial charge in [-0.1, -0.05) is 5.92 Å². The van der Waals surface area contributed by atoms with Gasteiger partial charge >= 0.3 is 0 Å². The van der Waals surface area contributed by atoms with Gasteiger partial charge in [-0.2, -0.15) is 0 Å². The summed E-state index contributed by atoms with van der Waals surface area (Å²) in [6, 6.07) is 0.628. The van der Waals surface area contributed by atoms with Crippen LogP contribution in [0.1, 0.15) is 20.8 Å². The van der Waals surface area contributed by atoms with Crippen LogP contribution in [0.5, 0.6) is 0 Å². The number of nitrogens with one attached hydrogen (secondary N) is 1. The summed E-state index contributed by atoms with van der Waals surface area (Å²) in [7, 11) is 0. The van der Waals surface area contributed by atoms with Crippen LogP contribution in [-0.2, 0) is 4.79 Å². The molecule has 1 rings (SSSR count). The van der Waals surface area contributed by atoms with E-state index < -0.39 is 0 Å². The predicted octanol–water partition coefficient (Wildman–Crippen LogP) is 0.218. The number of hydrogen-bond acceptors (Lipinski definition) is 2. The van der Waals surface area contributed by atoms with Crippen molar-refractivity contribution in [1.82, 2.24) is 10.2 Å². The Hall–Kier alpha value is -1.01. The second kappa shape index (κ2) is 4.29. The summed E-state index contributed by atoms with van der Waals surface area (Å²) in [5.74, 6) is 5.16. The monoisotopic (exact) mass is 180 g/mol. The lowest BCUT2D eigenvalue weighted by molar-refractivity contribution is -0.128. The third-order valence-corrected chi connectivity index (χ3v) is 2.26. The van der Waals surface area contributed by atoms with Gasteiger partial charge in [-0.05, 0) is 26.7 Å². The molecule has 3 nitrogen and oxygen atoms in total. The van der Waals surface area contributed by atoms with Gasteiger partial charge in [0.1, 0.15) is 0 Å². The van der Waals surface area contributed by atoms with Gasteiger partial charge in [0, 0.05) is 25.2 Å². The number of rotatable bonds is 0. The van der Waals surface area contributed by atoms with Crippen LogP contribution in [0, 0.1) is 11.8 Å². The smallest absolute Gasteiger partial charge is 0.298 e. The molecule has 1 fully saturated rings. The van der Waals surface area contributed by atoms with Gasteiger partial charge < -0.3 is 10.2 Å². The SMILES string of the molecule is CC#CC(=O)N1CC(C)NCC1C. The van der Waals surface area contributed by atoms with Gasteiger partial charge in [-0.3, -0.25) is 4.79 Å². The Bertz CT molecular complexity index is 251. The summed E-state index contributed by atoms with van der Waals surface area (Å²) in [6.07, 6.45) is 0. The highest BCUT2D eigenvalue weighted by molar-refractivity contribution is 5.93. The quantitative estimate of drug-likeness (QED) is 0.541. The maximum Gasteiger partial charge on any atom is 0.298 e. The van der Waals surface area contributed by atoms with Crippen molar-refractivity contribution < 1.29 is 4.79 Å². The van der Waals surface area contributed by atoms with Crippen molar-refractivity contribution in [3.63, 3.8) is 0 Å². The minimum Gasteiger partial charge on any atom is -0.326 e. The fourth-order valence-corrected chi connectivity index (χ4v) is 1.48. The van der Waals surface area contributed by atoms with Crippen molar-refractivity contribution >= 4 is 5.91 Å². The standard InChI is InChI=1S/C10H16N2O/c1-4-5-10(13)12-7-8(2)11-6-9(12)3/h8-9,11H,6-7H2,1-3H3. The van der Waals surface area contributed by atoms with E-state index in [1.54, 1.807) is 6.92 Å². The lowest BCUT2D eigenvalue weighted by atomic mass is 10.1. The third-order valence-electron chi connectivity index (χ3n) is 2.26. The largest absolute Gasteiger partial charge is 0.326 e. The molecule has 3 heteroatoms. The lowest BCUT2D eigenvalue weighted by Crippen LogP contribution is -2.56. The Morgan fingerprint density at radius 2 is 2.23 bits per heavy atom. The third kappa shape index (κ3) is 2.46. The summed E-state index contributed by atoms with van der Waals surface area (Å²) in [4.78, 5) is 13.3. The maximum absolute atomic E-state index is 11.5. The van der Waals surface area contributed by atoms with E-state index in [1.807, 2.05) is 11.8 Å². The molecule has 1 aliphatic heterocycles. The van der Waals surface area contributed by atoms with Crippen LogP contribution in [0.3, 0.4) is 0 Å². The van der Waals surface area contributed by atoms with Gasteiger partial charge in [0.05, 0.1) is 0 Å². The molecular formula is C10H16N2O. The molecule has 0 aliphatic carbocycles. The molecule has 2 atom stereocenters. The van der Waals surface area contributed by atoms with Crippen molar-refractivity contribution in [2.45, 2.75) is 32.9 Å². The zero-order valence-corrected chi connectivity index (χ0v) is 8.42. The van der Waals surface area contributed by atoms with Crippen LogP contribution >= 0.6 is 0 Å². The maximum atomic E-state index is 11.5. The van der Waals surface area contributed by atoms with E-state index in [2.05, 4.69) is 24.1 Å². The van der Waals surface area contributed by atoms with E-state index in [9.17, 15) is 4.79 Å². The number of carbonyl (C=O) groups is 1. The lowest BCUT2D eigenvalue weighted by Gasteiger charge is -2.36. The highest BCUT2D eigenvalue weighted by Gasteiger charge is 2.25. The van der Waals surface area contributed by atoms with Gasteiger partial charge in [-0.15, -0.1) is 0 Å². The van der Waals surface area contributed by atoms with Gasteiger partial charge in [0.2, 0.25) is 0 Å². The number of hydrogen-bond donors (Lipinski definition) is 1. The molecule has 1 aliphatic rings. The van der Waals surface area contributed by atoms with Crippen molar-refractivity contribution in [2.75, 3.05) is 13.1 Å². The molecule has 0 saturated carbocycles. The van der Waals surface area contributed by atoms with E-state index in [-0.39, 0.29) is 11.9 Å². The zero-order valence-electron chi connectivity index (χ0n) is 8.42. The molecule has 1 N–H and O–H groups in total. The molecule has 2 unspecified atom stereocenters. The first-order valence-corrected chi connectivity index (χ1v) is 4.62. The first-order valence-electron chi connectivity index (χ1n) is 4.62. The van der Waals surface area contributed by atoms with E-state index in [1.165, 1.54) is 0 Å². The van der Waals surface area contributed by atoms with Crippen molar-refractivity contribution in [2.24, 2.45) is 0 Å². The van der Waals surface area contributed by atoms with Gasteiger partial charge in [0.15, 0.2) is 0 Å². The van der Waals surface area contributed by atoms with Crippen LogP contribution in [0.15, 0.2) is 0 Å². The second-order valence-electron chi connectivity index (χ2n) is 3.49. The Morgan fingerprint density at radius 1 is 1.54 bits per heavy atom. The molecule has 0 radical (unpaired) electrons. The van der Waals surface area contributed by atoms with E-state index in [0.29, 0.717) is 6.04 Å². The normalized spacial score (nSPS) is 27.8. The molecule has 72 valence electrons. The molecular weight excluding hydrogens is 164 g/mol. The minimum atomic E-state index is -0.0525. The molecule has 1 amide bonds. The summed E-state index contributed by atoms with van der Waals surface area (Å²) >= 11 is 0. The number of amides is 1. The Kier molecular flexibility index (Phi) is 3.32.